The van der Waals surface area contributed by atoms with Crippen LogP contribution in [-0.2, 0) is 34.6 Å². The Morgan fingerprint density at radius 3 is 1.84 bits per heavy atom. The lowest BCUT2D eigenvalue weighted by Crippen LogP contribution is -2.36. The van der Waals surface area contributed by atoms with Gasteiger partial charge in [-0.3, -0.25) is 18.7 Å². The molecule has 3 aromatic rings. The number of carbonyl (C=O) groups excluding carboxylic acids is 2. The number of aromatic nitrogens is 2. The number of amides is 2. The second kappa shape index (κ2) is 14.1. The van der Waals surface area contributed by atoms with Gasteiger partial charge in [-0.25, -0.2) is 9.59 Å². The van der Waals surface area contributed by atoms with E-state index in [4.69, 9.17) is 0 Å². The molecule has 51 heavy (non-hydrogen) atoms. The van der Waals surface area contributed by atoms with E-state index in [1.165, 1.54) is 4.90 Å². The van der Waals surface area contributed by atoms with Crippen LogP contribution in [0.4, 0.5) is 5.69 Å². The molecule has 18 nitrogen and oxygen atoms in total. The normalized spacial score (nSPS) is 16.6. The highest BCUT2D eigenvalue weighted by Crippen LogP contribution is 2.29. The number of carboxylic acids is 2. The van der Waals surface area contributed by atoms with Crippen molar-refractivity contribution in [2.75, 3.05) is 18.1 Å². The monoisotopic (exact) mass is 741 g/mol. The standard InChI is InChI=1S/C31H27N5O13S2/c37-27(34-16-2-1-3-17-34)18(4-14-23-25(30(40)41)32-35(28(23)38)19-6-10-21(11-7-19)50(44,45)46)5-15-24-26(31(42)43)33-36(29(24)39)20-8-12-22(13-9-20)51(47,48)49/h4-15,38H,1-3,16-17H2,(H,40,41)(H,42,43)(H,44,45,46)(H,47,48,49)/b14-4+,18-5+,24-15-. The minimum Gasteiger partial charge on any atom is -0.493 e. The van der Waals surface area contributed by atoms with Crippen molar-refractivity contribution in [2.45, 2.75) is 29.1 Å². The van der Waals surface area contributed by atoms with E-state index in [-0.39, 0.29) is 22.5 Å². The maximum Gasteiger partial charge on any atom is 0.357 e. The largest absolute Gasteiger partial charge is 0.493 e. The number of allylic oxidation sites excluding steroid dienone is 2. The molecule has 2 aromatic carbocycles. The number of aromatic hydroxyl groups is 1. The molecule has 2 aliphatic heterocycles. The number of hydrazone groups is 1. The molecule has 0 radical (unpaired) electrons. The number of carbonyl (C=O) groups is 4. The maximum absolute atomic E-state index is 13.7. The van der Waals surface area contributed by atoms with Crippen molar-refractivity contribution in [3.63, 3.8) is 0 Å². The van der Waals surface area contributed by atoms with Gasteiger partial charge >= 0.3 is 11.9 Å². The predicted octanol–water partition coefficient (Wildman–Crippen LogP) is 2.14. The third-order valence-corrected chi connectivity index (χ3v) is 9.42. The van der Waals surface area contributed by atoms with Crippen LogP contribution in [0.3, 0.4) is 0 Å². The lowest BCUT2D eigenvalue weighted by molar-refractivity contribution is -0.129. The topological polar surface area (TPSA) is 274 Å². The van der Waals surface area contributed by atoms with E-state index in [9.17, 15) is 60.4 Å². The first kappa shape index (κ1) is 36.3. The number of benzene rings is 2. The van der Waals surface area contributed by atoms with Gasteiger partial charge in [0.05, 0.1) is 32.3 Å². The van der Waals surface area contributed by atoms with Crippen LogP contribution in [0, 0.1) is 0 Å². The first-order valence-electron chi connectivity index (χ1n) is 14.7. The Kier molecular flexibility index (Phi) is 10.0. The molecule has 5 rings (SSSR count). The van der Waals surface area contributed by atoms with Crippen molar-refractivity contribution < 1.29 is 60.4 Å². The van der Waals surface area contributed by atoms with Crippen molar-refractivity contribution in [3.8, 4) is 11.6 Å². The second-order valence-electron chi connectivity index (χ2n) is 11.0. The molecule has 0 aliphatic carbocycles. The van der Waals surface area contributed by atoms with Crippen LogP contribution in [-0.4, -0.2) is 98.5 Å². The van der Waals surface area contributed by atoms with E-state index in [1.54, 1.807) is 0 Å². The fourth-order valence-corrected chi connectivity index (χ4v) is 6.11. The summed E-state index contributed by atoms with van der Waals surface area (Å²) in [6, 6.07) is 8.50. The molecule has 266 valence electrons. The molecular formula is C31H27N5O13S2. The van der Waals surface area contributed by atoms with Gasteiger partial charge in [0.1, 0.15) is 0 Å². The molecule has 0 unspecified atom stereocenters. The minimum atomic E-state index is -4.56. The molecule has 1 aromatic heterocycles. The highest BCUT2D eigenvalue weighted by molar-refractivity contribution is 7.86. The van der Waals surface area contributed by atoms with Crippen LogP contribution >= 0.6 is 0 Å². The lowest BCUT2D eigenvalue weighted by Gasteiger charge is -2.27. The molecule has 2 aliphatic rings. The number of anilines is 1. The predicted molar refractivity (Wildman–Crippen MR) is 176 cm³/mol. The molecule has 1 saturated heterocycles. The number of carboxylic acid groups (broad SMARTS) is 2. The van der Waals surface area contributed by atoms with Crippen molar-refractivity contribution in [3.05, 3.63) is 89.2 Å². The van der Waals surface area contributed by atoms with Gasteiger partial charge in [-0.1, -0.05) is 0 Å². The summed E-state index contributed by atoms with van der Waals surface area (Å²) in [5.41, 5.74) is -2.37. The summed E-state index contributed by atoms with van der Waals surface area (Å²) < 4.78 is 64.9. The molecular weight excluding hydrogens is 714 g/mol. The van der Waals surface area contributed by atoms with Crippen molar-refractivity contribution in [1.29, 1.82) is 0 Å². The molecule has 3 heterocycles. The summed E-state index contributed by atoms with van der Waals surface area (Å²) >= 11 is 0. The quantitative estimate of drug-likeness (QED) is 0.113. The van der Waals surface area contributed by atoms with Gasteiger partial charge < -0.3 is 20.2 Å². The zero-order chi connectivity index (χ0) is 37.2. The zero-order valence-corrected chi connectivity index (χ0v) is 27.7. The lowest BCUT2D eigenvalue weighted by atomic mass is 10.1. The number of likely N-dealkylation sites (tertiary alicyclic amines) is 1. The van der Waals surface area contributed by atoms with Gasteiger partial charge in [0.15, 0.2) is 11.4 Å². The van der Waals surface area contributed by atoms with Gasteiger partial charge in [-0.2, -0.15) is 36.7 Å². The van der Waals surface area contributed by atoms with Crippen LogP contribution in [0.15, 0.2) is 92.8 Å². The van der Waals surface area contributed by atoms with Gasteiger partial charge in [0, 0.05) is 18.7 Å². The maximum atomic E-state index is 13.7. The third kappa shape index (κ3) is 7.78. The van der Waals surface area contributed by atoms with E-state index < -0.39 is 76.6 Å². The van der Waals surface area contributed by atoms with E-state index in [0.29, 0.717) is 30.9 Å². The number of hydrogen-bond acceptors (Lipinski definition) is 11. The highest BCUT2D eigenvalue weighted by atomic mass is 32.2. The van der Waals surface area contributed by atoms with Crippen LogP contribution in [0.25, 0.3) is 11.8 Å². The number of aromatic carboxylic acids is 1. The summed E-state index contributed by atoms with van der Waals surface area (Å²) in [6.07, 6.45) is 6.63. The highest BCUT2D eigenvalue weighted by Gasteiger charge is 2.35. The van der Waals surface area contributed by atoms with E-state index >= 15 is 0 Å². The first-order chi connectivity index (χ1) is 24.0. The Balaban J connectivity index is 1.55. The molecule has 0 saturated carbocycles. The Morgan fingerprint density at radius 1 is 0.784 bits per heavy atom. The fourth-order valence-electron chi connectivity index (χ4n) is 5.15. The molecule has 0 bridgehead atoms. The van der Waals surface area contributed by atoms with Crippen LogP contribution in [0.5, 0.6) is 5.88 Å². The number of piperidine rings is 1. The van der Waals surface area contributed by atoms with Gasteiger partial charge in [0.2, 0.25) is 5.88 Å². The Morgan fingerprint density at radius 2 is 1.33 bits per heavy atom. The number of hydrogen-bond donors (Lipinski definition) is 5. The summed E-state index contributed by atoms with van der Waals surface area (Å²) in [4.78, 5) is 51.7. The van der Waals surface area contributed by atoms with E-state index in [0.717, 1.165) is 83.9 Å². The average Bonchev–Trinajstić information content (AvgIpc) is 3.60. The Hall–Kier alpha value is -5.96. The van der Waals surface area contributed by atoms with Gasteiger partial charge in [-0.15, -0.1) is 0 Å². The molecule has 2 amide bonds. The van der Waals surface area contributed by atoms with Crippen molar-refractivity contribution in [2.24, 2.45) is 5.10 Å². The first-order valence-corrected chi connectivity index (χ1v) is 17.6. The summed E-state index contributed by atoms with van der Waals surface area (Å²) in [7, 11) is -9.11. The van der Waals surface area contributed by atoms with Crippen molar-refractivity contribution >= 4 is 61.5 Å². The van der Waals surface area contributed by atoms with E-state index in [1.807, 2.05) is 0 Å². The minimum absolute atomic E-state index is 0.0179. The van der Waals surface area contributed by atoms with E-state index in [2.05, 4.69) is 10.2 Å². The number of aliphatic carboxylic acids is 1. The van der Waals surface area contributed by atoms with Crippen LogP contribution in [0.2, 0.25) is 0 Å². The molecule has 5 N–H and O–H groups in total. The SMILES string of the molecule is O=C(O)C1=NN(c2ccc(S(=O)(=O)O)cc2)C(=O)\C1=C/C=C(\C=C\c1c(C(=O)O)nn(-c2ccc(S(=O)(=O)O)cc2)c1O)C(=O)N1CCCCC1. The van der Waals surface area contributed by atoms with Gasteiger partial charge in [0.25, 0.3) is 32.1 Å². The summed E-state index contributed by atoms with van der Waals surface area (Å²) in [6.45, 7) is 0.746. The second-order valence-corrected chi connectivity index (χ2v) is 13.8. The molecule has 20 heteroatoms. The summed E-state index contributed by atoms with van der Waals surface area (Å²) in [5, 5.41) is 39.0. The number of rotatable bonds is 10. The Labute approximate surface area is 289 Å². The smallest absolute Gasteiger partial charge is 0.357 e. The average molecular weight is 742 g/mol. The fraction of sp³-hybridized carbons (Fsp3) is 0.161. The Bertz CT molecular complexity index is 2280. The molecule has 0 atom stereocenters. The zero-order valence-electron chi connectivity index (χ0n) is 26.0. The molecule has 0 spiro atoms. The third-order valence-electron chi connectivity index (χ3n) is 7.69. The number of nitrogens with zero attached hydrogens (tertiary/aromatic N) is 5. The molecule has 1 fully saturated rings. The van der Waals surface area contributed by atoms with Crippen LogP contribution < -0.4 is 5.01 Å². The van der Waals surface area contributed by atoms with Gasteiger partial charge in [-0.05, 0) is 92.1 Å². The summed E-state index contributed by atoms with van der Waals surface area (Å²) in [5.74, 6) is -5.41. The van der Waals surface area contributed by atoms with Crippen molar-refractivity contribution in [1.82, 2.24) is 14.7 Å². The van der Waals surface area contributed by atoms with Crippen LogP contribution in [0.1, 0.15) is 35.3 Å².